The molecule has 5 nitrogen and oxygen atoms in total. The van der Waals surface area contributed by atoms with Crippen molar-refractivity contribution < 1.29 is 14.3 Å². The Hall–Kier alpha value is -1.75. The monoisotopic (exact) mass is 336 g/mol. The van der Waals surface area contributed by atoms with Crippen LogP contribution in [-0.4, -0.2) is 43.0 Å². The first-order valence-electron chi connectivity index (χ1n) is 8.05. The van der Waals surface area contributed by atoms with Crippen LogP contribution in [-0.2, 0) is 9.59 Å². The Morgan fingerprint density at radius 2 is 2.09 bits per heavy atom. The quantitative estimate of drug-likeness (QED) is 0.629. The van der Waals surface area contributed by atoms with Crippen molar-refractivity contribution in [2.75, 3.05) is 25.0 Å². The minimum Gasteiger partial charge on any atom is -0.423 e. The van der Waals surface area contributed by atoms with Crippen LogP contribution < -0.4 is 9.64 Å². The van der Waals surface area contributed by atoms with Crippen LogP contribution in [0.4, 0.5) is 5.69 Å². The summed E-state index contributed by atoms with van der Waals surface area (Å²) in [5.74, 6) is 0.129. The molecule has 0 unspecified atom stereocenters. The molecular formula is C17H21ClN2O3. The number of amides is 1. The summed E-state index contributed by atoms with van der Waals surface area (Å²) < 4.78 is 5.21. The van der Waals surface area contributed by atoms with Crippen molar-refractivity contribution >= 4 is 29.2 Å². The van der Waals surface area contributed by atoms with Gasteiger partial charge in [0.05, 0.1) is 12.2 Å². The third kappa shape index (κ3) is 3.61. The summed E-state index contributed by atoms with van der Waals surface area (Å²) >= 11 is 6.04. The Balaban J connectivity index is 1.73. The van der Waals surface area contributed by atoms with E-state index in [9.17, 15) is 9.59 Å². The lowest BCUT2D eigenvalue weighted by atomic mass is 9.94. The van der Waals surface area contributed by atoms with Crippen LogP contribution in [0.1, 0.15) is 32.1 Å². The zero-order valence-electron chi connectivity index (χ0n) is 13.3. The van der Waals surface area contributed by atoms with Crippen molar-refractivity contribution in [2.45, 2.75) is 38.1 Å². The molecule has 0 atom stereocenters. The highest BCUT2D eigenvalue weighted by atomic mass is 35.5. The van der Waals surface area contributed by atoms with E-state index in [2.05, 4.69) is 0 Å². The number of hydrogen-bond acceptors (Lipinski definition) is 4. The summed E-state index contributed by atoms with van der Waals surface area (Å²) in [4.78, 5) is 27.9. The Morgan fingerprint density at radius 3 is 2.83 bits per heavy atom. The van der Waals surface area contributed by atoms with E-state index in [0.29, 0.717) is 22.5 Å². The van der Waals surface area contributed by atoms with Crippen LogP contribution in [0.25, 0.3) is 0 Å². The molecule has 1 aliphatic heterocycles. The highest BCUT2D eigenvalue weighted by Gasteiger charge is 2.29. The standard InChI is InChI=1S/C17H21ClN2O3/c1-19(13-5-3-2-4-6-13)16(21)10-20-11-17(22)23-15-8-7-12(18)9-14(15)20/h7-9,13H,2-6,10-11H2,1H3. The van der Waals surface area contributed by atoms with Gasteiger partial charge in [-0.05, 0) is 31.0 Å². The maximum absolute atomic E-state index is 12.6. The van der Waals surface area contributed by atoms with Gasteiger partial charge in [-0.2, -0.15) is 0 Å². The highest BCUT2D eigenvalue weighted by Crippen LogP contribution is 2.34. The van der Waals surface area contributed by atoms with Crippen LogP contribution in [0, 0.1) is 0 Å². The van der Waals surface area contributed by atoms with Crippen LogP contribution in [0.3, 0.4) is 0 Å². The second-order valence-corrected chi connectivity index (χ2v) is 6.68. The van der Waals surface area contributed by atoms with Crippen molar-refractivity contribution in [3.8, 4) is 5.75 Å². The van der Waals surface area contributed by atoms with E-state index in [1.165, 1.54) is 19.3 Å². The summed E-state index contributed by atoms with van der Waals surface area (Å²) in [7, 11) is 1.86. The van der Waals surface area contributed by atoms with E-state index in [-0.39, 0.29) is 25.0 Å². The summed E-state index contributed by atoms with van der Waals surface area (Å²) in [5.41, 5.74) is 0.697. The van der Waals surface area contributed by atoms with E-state index in [1.54, 1.807) is 23.1 Å². The van der Waals surface area contributed by atoms with Crippen molar-refractivity contribution in [2.24, 2.45) is 0 Å². The number of rotatable bonds is 3. The molecule has 3 rings (SSSR count). The number of carbonyl (C=O) groups is 2. The highest BCUT2D eigenvalue weighted by molar-refractivity contribution is 6.31. The van der Waals surface area contributed by atoms with Gasteiger partial charge in [0.25, 0.3) is 0 Å². The lowest BCUT2D eigenvalue weighted by Gasteiger charge is -2.34. The van der Waals surface area contributed by atoms with E-state index >= 15 is 0 Å². The van der Waals surface area contributed by atoms with Crippen molar-refractivity contribution in [1.82, 2.24) is 4.90 Å². The fourth-order valence-electron chi connectivity index (χ4n) is 3.31. The van der Waals surface area contributed by atoms with Gasteiger partial charge in [-0.1, -0.05) is 30.9 Å². The zero-order valence-corrected chi connectivity index (χ0v) is 14.0. The molecule has 0 radical (unpaired) electrons. The van der Waals surface area contributed by atoms with E-state index < -0.39 is 0 Å². The maximum atomic E-state index is 12.6. The second-order valence-electron chi connectivity index (χ2n) is 6.24. The van der Waals surface area contributed by atoms with Crippen LogP contribution in [0.2, 0.25) is 5.02 Å². The van der Waals surface area contributed by atoms with Gasteiger partial charge < -0.3 is 14.5 Å². The van der Waals surface area contributed by atoms with Gasteiger partial charge in [0.2, 0.25) is 5.91 Å². The minimum atomic E-state index is -0.354. The molecule has 1 aromatic carbocycles. The average Bonchev–Trinajstić information content (AvgIpc) is 2.55. The molecule has 124 valence electrons. The van der Waals surface area contributed by atoms with Crippen molar-refractivity contribution in [1.29, 1.82) is 0 Å². The summed E-state index contributed by atoms with van der Waals surface area (Å²) in [6.07, 6.45) is 5.73. The maximum Gasteiger partial charge on any atom is 0.331 e. The Labute approximate surface area is 141 Å². The number of anilines is 1. The Kier molecular flexibility index (Phi) is 4.76. The second kappa shape index (κ2) is 6.79. The number of likely N-dealkylation sites (N-methyl/N-ethyl adjacent to an activating group) is 1. The van der Waals surface area contributed by atoms with Crippen molar-refractivity contribution in [3.05, 3.63) is 23.2 Å². The molecule has 0 saturated heterocycles. The fraction of sp³-hybridized carbons (Fsp3) is 0.529. The molecule has 23 heavy (non-hydrogen) atoms. The first-order valence-corrected chi connectivity index (χ1v) is 8.43. The van der Waals surface area contributed by atoms with Crippen molar-refractivity contribution in [3.63, 3.8) is 0 Å². The van der Waals surface area contributed by atoms with E-state index in [0.717, 1.165) is 12.8 Å². The number of benzene rings is 1. The number of halogens is 1. The molecule has 1 aliphatic carbocycles. The van der Waals surface area contributed by atoms with Crippen LogP contribution in [0.15, 0.2) is 18.2 Å². The molecule has 0 N–H and O–H groups in total. The third-order valence-electron chi connectivity index (χ3n) is 4.65. The number of ether oxygens (including phenoxy) is 1. The first-order chi connectivity index (χ1) is 11.0. The Morgan fingerprint density at radius 1 is 1.35 bits per heavy atom. The van der Waals surface area contributed by atoms with Gasteiger partial charge >= 0.3 is 5.97 Å². The smallest absolute Gasteiger partial charge is 0.331 e. The largest absolute Gasteiger partial charge is 0.423 e. The molecule has 1 fully saturated rings. The minimum absolute atomic E-state index is 0.0255. The fourth-order valence-corrected chi connectivity index (χ4v) is 3.47. The number of hydrogen-bond donors (Lipinski definition) is 0. The summed E-state index contributed by atoms with van der Waals surface area (Å²) in [6.45, 7) is 0.229. The zero-order chi connectivity index (χ0) is 16.4. The molecule has 2 aliphatic rings. The molecule has 0 spiro atoms. The average molecular weight is 337 g/mol. The summed E-state index contributed by atoms with van der Waals surface area (Å²) in [5, 5.41) is 0.555. The lowest BCUT2D eigenvalue weighted by molar-refractivity contribution is -0.134. The van der Waals surface area contributed by atoms with Gasteiger partial charge in [-0.25, -0.2) is 4.79 Å². The van der Waals surface area contributed by atoms with Gasteiger partial charge in [0.1, 0.15) is 6.54 Å². The molecule has 1 aromatic rings. The Bertz CT molecular complexity index is 614. The van der Waals surface area contributed by atoms with Gasteiger partial charge in [-0.3, -0.25) is 4.79 Å². The van der Waals surface area contributed by atoms with Gasteiger partial charge in [0, 0.05) is 18.1 Å². The predicted octanol–water partition coefficient (Wildman–Crippen LogP) is 2.86. The number of nitrogens with zero attached hydrogens (tertiary/aromatic N) is 2. The predicted molar refractivity (Wildman–Crippen MR) is 88.9 cm³/mol. The molecule has 0 aromatic heterocycles. The first kappa shape index (κ1) is 16.1. The number of esters is 1. The molecule has 1 heterocycles. The van der Waals surface area contributed by atoms with E-state index in [1.807, 2.05) is 11.9 Å². The van der Waals surface area contributed by atoms with Crippen LogP contribution in [0.5, 0.6) is 5.75 Å². The SMILES string of the molecule is CN(C(=O)CN1CC(=O)Oc2ccc(Cl)cc21)C1CCCCC1. The molecule has 1 amide bonds. The molecule has 0 bridgehead atoms. The normalized spacial score (nSPS) is 18.3. The van der Waals surface area contributed by atoms with Gasteiger partial charge in [0.15, 0.2) is 5.75 Å². The van der Waals surface area contributed by atoms with Crippen LogP contribution >= 0.6 is 11.6 Å². The third-order valence-corrected chi connectivity index (χ3v) is 4.88. The number of carbonyl (C=O) groups excluding carboxylic acids is 2. The number of fused-ring (bicyclic) bond motifs is 1. The van der Waals surface area contributed by atoms with Gasteiger partial charge in [-0.15, -0.1) is 0 Å². The molecule has 1 saturated carbocycles. The topological polar surface area (TPSA) is 49.9 Å². The molecule has 6 heteroatoms. The molecular weight excluding hydrogens is 316 g/mol. The van der Waals surface area contributed by atoms with E-state index in [4.69, 9.17) is 16.3 Å². The lowest BCUT2D eigenvalue weighted by Crippen LogP contribution is -2.47. The summed E-state index contributed by atoms with van der Waals surface area (Å²) in [6, 6.07) is 5.38.